The predicted molar refractivity (Wildman–Crippen MR) is 96.9 cm³/mol. The number of pyridine rings is 1. The molecule has 1 fully saturated rings. The number of anilines is 1. The Labute approximate surface area is 152 Å². The summed E-state index contributed by atoms with van der Waals surface area (Å²) in [6, 6.07) is 10.1. The van der Waals surface area contributed by atoms with Gasteiger partial charge in [0.1, 0.15) is 19.0 Å². The van der Waals surface area contributed by atoms with E-state index in [0.29, 0.717) is 25.4 Å². The molecule has 0 N–H and O–H groups in total. The van der Waals surface area contributed by atoms with Crippen LogP contribution in [0.3, 0.4) is 0 Å². The molecule has 1 aromatic heterocycles. The average molecular weight is 354 g/mol. The van der Waals surface area contributed by atoms with Gasteiger partial charge in [-0.15, -0.1) is 0 Å². The summed E-state index contributed by atoms with van der Waals surface area (Å²) >= 11 is 0. The summed E-state index contributed by atoms with van der Waals surface area (Å²) in [4.78, 5) is 18.6. The van der Waals surface area contributed by atoms with E-state index in [2.05, 4.69) is 22.0 Å². The van der Waals surface area contributed by atoms with Gasteiger partial charge in [0.2, 0.25) is 0 Å². The molecule has 26 heavy (non-hydrogen) atoms. The van der Waals surface area contributed by atoms with Crippen molar-refractivity contribution in [2.75, 3.05) is 31.3 Å². The number of rotatable bonds is 4. The number of carbonyl (C=O) groups is 1. The predicted octanol–water partition coefficient (Wildman–Crippen LogP) is 3.37. The molecule has 0 amide bonds. The number of esters is 1. The number of ether oxygens (including phenoxy) is 3. The van der Waals surface area contributed by atoms with Gasteiger partial charge in [-0.05, 0) is 49.6 Å². The molecule has 1 aromatic carbocycles. The fourth-order valence-corrected chi connectivity index (χ4v) is 3.55. The van der Waals surface area contributed by atoms with Crippen molar-refractivity contribution in [1.82, 2.24) is 4.98 Å². The first-order valence-corrected chi connectivity index (χ1v) is 9.05. The minimum absolute atomic E-state index is 0.242. The van der Waals surface area contributed by atoms with Crippen LogP contribution in [0.25, 0.3) is 0 Å². The molecule has 2 aliphatic rings. The van der Waals surface area contributed by atoms with Crippen LogP contribution in [0.2, 0.25) is 0 Å². The van der Waals surface area contributed by atoms with Crippen molar-refractivity contribution in [1.29, 1.82) is 0 Å². The van der Waals surface area contributed by atoms with Crippen molar-refractivity contribution < 1.29 is 19.0 Å². The number of hydrogen-bond donors (Lipinski definition) is 0. The zero-order chi connectivity index (χ0) is 17.9. The summed E-state index contributed by atoms with van der Waals surface area (Å²) in [7, 11) is 0. The van der Waals surface area contributed by atoms with Gasteiger partial charge in [0, 0.05) is 12.7 Å². The first kappa shape index (κ1) is 16.7. The third-order valence-electron chi connectivity index (χ3n) is 4.76. The zero-order valence-electron chi connectivity index (χ0n) is 14.8. The van der Waals surface area contributed by atoms with E-state index in [1.54, 1.807) is 19.2 Å². The first-order valence-electron chi connectivity index (χ1n) is 9.05. The third kappa shape index (κ3) is 3.19. The molecule has 136 valence electrons. The van der Waals surface area contributed by atoms with Crippen LogP contribution in [0.5, 0.6) is 11.5 Å². The van der Waals surface area contributed by atoms with E-state index in [-0.39, 0.29) is 12.0 Å². The van der Waals surface area contributed by atoms with Gasteiger partial charge >= 0.3 is 5.97 Å². The molecule has 0 radical (unpaired) electrons. The molecular weight excluding hydrogens is 332 g/mol. The standard InChI is InChI=1S/C20H22N2O4/c1-2-24-20(23)15-6-8-19(21-13-15)22-9-3-4-16(22)14-5-7-17-18(12-14)26-11-10-25-17/h5-8,12-13,16H,2-4,9-11H2,1H3. The fraction of sp³-hybridized carbons (Fsp3) is 0.400. The van der Waals surface area contributed by atoms with Gasteiger partial charge in [-0.3, -0.25) is 0 Å². The summed E-state index contributed by atoms with van der Waals surface area (Å²) < 4.78 is 16.4. The summed E-state index contributed by atoms with van der Waals surface area (Å²) in [6.45, 7) is 4.27. The highest BCUT2D eigenvalue weighted by Crippen LogP contribution is 2.39. The second-order valence-electron chi connectivity index (χ2n) is 6.38. The minimum Gasteiger partial charge on any atom is -0.486 e. The van der Waals surface area contributed by atoms with Gasteiger partial charge in [0.15, 0.2) is 11.5 Å². The summed E-state index contributed by atoms with van der Waals surface area (Å²) in [5, 5.41) is 0. The lowest BCUT2D eigenvalue weighted by atomic mass is 10.0. The molecule has 1 atom stereocenters. The van der Waals surface area contributed by atoms with E-state index >= 15 is 0 Å². The van der Waals surface area contributed by atoms with Crippen LogP contribution >= 0.6 is 0 Å². The first-order chi connectivity index (χ1) is 12.8. The topological polar surface area (TPSA) is 60.9 Å². The highest BCUT2D eigenvalue weighted by Gasteiger charge is 2.28. The molecule has 1 unspecified atom stereocenters. The van der Waals surface area contributed by atoms with Crippen LogP contribution in [0.4, 0.5) is 5.82 Å². The Morgan fingerprint density at radius 3 is 2.85 bits per heavy atom. The van der Waals surface area contributed by atoms with Gasteiger partial charge in [-0.25, -0.2) is 9.78 Å². The Morgan fingerprint density at radius 1 is 1.23 bits per heavy atom. The summed E-state index contributed by atoms with van der Waals surface area (Å²) in [6.07, 6.45) is 3.74. The number of hydrogen-bond acceptors (Lipinski definition) is 6. The average Bonchev–Trinajstić information content (AvgIpc) is 3.18. The van der Waals surface area contributed by atoms with Crippen molar-refractivity contribution in [3.63, 3.8) is 0 Å². The van der Waals surface area contributed by atoms with Crippen molar-refractivity contribution in [3.8, 4) is 11.5 Å². The van der Waals surface area contributed by atoms with E-state index in [0.717, 1.165) is 36.7 Å². The van der Waals surface area contributed by atoms with Crippen LogP contribution in [-0.2, 0) is 4.74 Å². The molecule has 0 saturated carbocycles. The monoisotopic (exact) mass is 354 g/mol. The smallest absolute Gasteiger partial charge is 0.339 e. The molecule has 2 aromatic rings. The minimum atomic E-state index is -0.337. The van der Waals surface area contributed by atoms with Crippen molar-refractivity contribution in [2.24, 2.45) is 0 Å². The maximum atomic E-state index is 11.8. The number of fused-ring (bicyclic) bond motifs is 1. The van der Waals surface area contributed by atoms with Gasteiger partial charge < -0.3 is 19.1 Å². The molecule has 4 rings (SSSR count). The zero-order valence-corrected chi connectivity index (χ0v) is 14.8. The number of nitrogens with zero attached hydrogens (tertiary/aromatic N) is 2. The van der Waals surface area contributed by atoms with Gasteiger partial charge in [0.05, 0.1) is 18.2 Å². The lowest BCUT2D eigenvalue weighted by Gasteiger charge is -2.27. The van der Waals surface area contributed by atoms with E-state index in [1.165, 1.54) is 5.56 Å². The number of benzene rings is 1. The van der Waals surface area contributed by atoms with Gasteiger partial charge in [-0.1, -0.05) is 6.07 Å². The Hall–Kier alpha value is -2.76. The van der Waals surface area contributed by atoms with Gasteiger partial charge in [0.25, 0.3) is 0 Å². The molecule has 6 nitrogen and oxygen atoms in total. The number of carbonyl (C=O) groups excluding carboxylic acids is 1. The van der Waals surface area contributed by atoms with E-state index in [4.69, 9.17) is 14.2 Å². The SMILES string of the molecule is CCOC(=O)c1ccc(N2CCCC2c2ccc3c(c2)OCCO3)nc1. The molecule has 1 saturated heterocycles. The van der Waals surface area contributed by atoms with Crippen molar-refractivity contribution >= 4 is 11.8 Å². The third-order valence-corrected chi connectivity index (χ3v) is 4.76. The molecular formula is C20H22N2O4. The van der Waals surface area contributed by atoms with Crippen LogP contribution in [0.1, 0.15) is 41.7 Å². The van der Waals surface area contributed by atoms with E-state index < -0.39 is 0 Å². The van der Waals surface area contributed by atoms with Gasteiger partial charge in [-0.2, -0.15) is 0 Å². The molecule has 2 aliphatic heterocycles. The molecule has 6 heteroatoms. The quantitative estimate of drug-likeness (QED) is 0.785. The van der Waals surface area contributed by atoms with Crippen molar-refractivity contribution in [2.45, 2.75) is 25.8 Å². The second-order valence-corrected chi connectivity index (χ2v) is 6.38. The van der Waals surface area contributed by atoms with Crippen LogP contribution in [0.15, 0.2) is 36.5 Å². The van der Waals surface area contributed by atoms with E-state index in [1.807, 2.05) is 12.1 Å². The highest BCUT2D eigenvalue weighted by molar-refractivity contribution is 5.89. The summed E-state index contributed by atoms with van der Waals surface area (Å²) in [5.74, 6) is 2.15. The fourth-order valence-electron chi connectivity index (χ4n) is 3.55. The van der Waals surface area contributed by atoms with Crippen LogP contribution in [0, 0.1) is 0 Å². The Kier molecular flexibility index (Phi) is 4.65. The maximum absolute atomic E-state index is 11.8. The Morgan fingerprint density at radius 2 is 2.08 bits per heavy atom. The largest absolute Gasteiger partial charge is 0.486 e. The molecule has 0 aliphatic carbocycles. The van der Waals surface area contributed by atoms with E-state index in [9.17, 15) is 4.79 Å². The lowest BCUT2D eigenvalue weighted by molar-refractivity contribution is 0.0526. The lowest BCUT2D eigenvalue weighted by Crippen LogP contribution is -2.24. The van der Waals surface area contributed by atoms with Crippen LogP contribution in [-0.4, -0.2) is 37.3 Å². The number of aromatic nitrogens is 1. The Balaban J connectivity index is 1.56. The Bertz CT molecular complexity index is 791. The maximum Gasteiger partial charge on any atom is 0.339 e. The molecule has 0 bridgehead atoms. The normalized spacial score (nSPS) is 18.7. The molecule has 3 heterocycles. The van der Waals surface area contributed by atoms with Crippen LogP contribution < -0.4 is 14.4 Å². The second kappa shape index (κ2) is 7.23. The summed E-state index contributed by atoms with van der Waals surface area (Å²) in [5.41, 5.74) is 1.67. The highest BCUT2D eigenvalue weighted by atomic mass is 16.6. The molecule has 0 spiro atoms. The van der Waals surface area contributed by atoms with Crippen molar-refractivity contribution in [3.05, 3.63) is 47.7 Å².